The molecule has 3 rings (SSSR count). The Hall–Kier alpha value is -1.79. The lowest BCUT2D eigenvalue weighted by molar-refractivity contribution is -0.149. The SMILES string of the molecule is O=C(OCc1ccccc1)C1=C(CO)S[C@H]2CC(=O)N12. The van der Waals surface area contributed by atoms with Crippen LogP contribution in [0.1, 0.15) is 12.0 Å². The van der Waals surface area contributed by atoms with Gasteiger partial charge >= 0.3 is 5.97 Å². The van der Waals surface area contributed by atoms with Gasteiger partial charge in [0.2, 0.25) is 5.91 Å². The minimum absolute atomic E-state index is 0.0519. The van der Waals surface area contributed by atoms with Crippen molar-refractivity contribution in [2.24, 2.45) is 0 Å². The number of fused-ring (bicyclic) bond motifs is 1. The molecule has 2 aliphatic heterocycles. The number of hydrogen-bond acceptors (Lipinski definition) is 5. The van der Waals surface area contributed by atoms with Gasteiger partial charge in [0.05, 0.1) is 18.4 Å². The molecule has 0 unspecified atom stereocenters. The number of carbonyl (C=O) groups excluding carboxylic acids is 2. The highest BCUT2D eigenvalue weighted by molar-refractivity contribution is 8.04. The molecule has 6 heteroatoms. The van der Waals surface area contributed by atoms with Crippen molar-refractivity contribution in [2.45, 2.75) is 18.4 Å². The first kappa shape index (κ1) is 13.2. The van der Waals surface area contributed by atoms with Gasteiger partial charge in [0.25, 0.3) is 0 Å². The van der Waals surface area contributed by atoms with E-state index in [2.05, 4.69) is 0 Å². The lowest BCUT2D eigenvalue weighted by atomic mass is 10.1. The molecule has 20 heavy (non-hydrogen) atoms. The Bertz CT molecular complexity index is 584. The van der Waals surface area contributed by atoms with Crippen LogP contribution >= 0.6 is 11.8 Å². The topological polar surface area (TPSA) is 66.8 Å². The van der Waals surface area contributed by atoms with E-state index in [1.807, 2.05) is 30.3 Å². The monoisotopic (exact) mass is 291 g/mol. The van der Waals surface area contributed by atoms with E-state index in [4.69, 9.17) is 4.74 Å². The van der Waals surface area contributed by atoms with Gasteiger partial charge in [0.15, 0.2) is 0 Å². The maximum absolute atomic E-state index is 12.1. The fraction of sp³-hybridized carbons (Fsp3) is 0.286. The summed E-state index contributed by atoms with van der Waals surface area (Å²) in [5.74, 6) is -0.654. The zero-order valence-electron chi connectivity index (χ0n) is 10.6. The average Bonchev–Trinajstić information content (AvgIpc) is 2.78. The van der Waals surface area contributed by atoms with Gasteiger partial charge in [-0.3, -0.25) is 9.69 Å². The second-order valence-corrected chi connectivity index (χ2v) is 5.80. The summed E-state index contributed by atoms with van der Waals surface area (Å²) in [5.41, 5.74) is 1.08. The standard InChI is InChI=1S/C14H13NO4S/c16-7-10-13(15-11(17)6-12(15)20-10)14(18)19-8-9-4-2-1-3-5-9/h1-5,12,16H,6-8H2/t12-/m0/s1. The van der Waals surface area contributed by atoms with Gasteiger partial charge in [0.1, 0.15) is 12.3 Å². The number of hydrogen-bond donors (Lipinski definition) is 1. The molecule has 5 nitrogen and oxygen atoms in total. The number of nitrogens with zero attached hydrogens (tertiary/aromatic N) is 1. The first-order valence-corrected chi connectivity index (χ1v) is 7.12. The summed E-state index contributed by atoms with van der Waals surface area (Å²) < 4.78 is 5.23. The second-order valence-electron chi connectivity index (χ2n) is 4.53. The largest absolute Gasteiger partial charge is 0.456 e. The van der Waals surface area contributed by atoms with Crippen LogP contribution in [0, 0.1) is 0 Å². The van der Waals surface area contributed by atoms with E-state index in [0.29, 0.717) is 11.3 Å². The maximum atomic E-state index is 12.1. The molecule has 2 aliphatic rings. The lowest BCUT2D eigenvalue weighted by Gasteiger charge is -2.34. The van der Waals surface area contributed by atoms with Crippen LogP contribution in [0.3, 0.4) is 0 Å². The number of aliphatic hydroxyl groups excluding tert-OH is 1. The highest BCUT2D eigenvalue weighted by atomic mass is 32.2. The minimum atomic E-state index is -0.555. The van der Waals surface area contributed by atoms with Crippen molar-refractivity contribution in [1.29, 1.82) is 0 Å². The summed E-state index contributed by atoms with van der Waals surface area (Å²) in [6, 6.07) is 9.32. The van der Waals surface area contributed by atoms with Crippen LogP contribution in [0.15, 0.2) is 40.9 Å². The molecular formula is C14H13NO4S. The number of β-lactam (4-membered cyclic amide) rings is 1. The molecule has 1 atom stereocenters. The van der Waals surface area contributed by atoms with Crippen LogP contribution in [-0.2, 0) is 20.9 Å². The fourth-order valence-electron chi connectivity index (χ4n) is 2.22. The van der Waals surface area contributed by atoms with E-state index in [0.717, 1.165) is 5.56 Å². The number of benzene rings is 1. The van der Waals surface area contributed by atoms with Crippen molar-refractivity contribution in [3.63, 3.8) is 0 Å². The minimum Gasteiger partial charge on any atom is -0.456 e. The molecule has 0 aliphatic carbocycles. The average molecular weight is 291 g/mol. The molecule has 1 aromatic carbocycles. The molecule has 0 spiro atoms. The van der Waals surface area contributed by atoms with Crippen LogP contribution < -0.4 is 0 Å². The van der Waals surface area contributed by atoms with E-state index < -0.39 is 5.97 Å². The number of esters is 1. The highest BCUT2D eigenvalue weighted by Gasteiger charge is 2.48. The summed E-state index contributed by atoms with van der Waals surface area (Å²) in [6.07, 6.45) is 0.406. The number of amides is 1. The molecule has 1 N–H and O–H groups in total. The molecule has 0 radical (unpaired) electrons. The molecule has 1 saturated heterocycles. The highest BCUT2D eigenvalue weighted by Crippen LogP contribution is 2.46. The quantitative estimate of drug-likeness (QED) is 0.668. The van der Waals surface area contributed by atoms with Crippen LogP contribution in [0.2, 0.25) is 0 Å². The molecule has 1 amide bonds. The van der Waals surface area contributed by atoms with Crippen LogP contribution in [0.4, 0.5) is 0 Å². The Balaban J connectivity index is 1.71. The Morgan fingerprint density at radius 1 is 1.40 bits per heavy atom. The van der Waals surface area contributed by atoms with Crippen LogP contribution in [-0.4, -0.2) is 33.9 Å². The molecule has 1 aromatic rings. The van der Waals surface area contributed by atoms with Crippen molar-refractivity contribution < 1.29 is 19.4 Å². The summed E-state index contributed by atoms with van der Waals surface area (Å²) in [4.78, 5) is 25.6. The van der Waals surface area contributed by atoms with Gasteiger partial charge in [-0.25, -0.2) is 4.79 Å². The summed E-state index contributed by atoms with van der Waals surface area (Å²) in [5, 5.41) is 9.24. The predicted molar refractivity (Wildman–Crippen MR) is 73.2 cm³/mol. The van der Waals surface area contributed by atoms with Crippen molar-refractivity contribution in [1.82, 2.24) is 4.90 Å². The van der Waals surface area contributed by atoms with Gasteiger partial charge in [-0.15, -0.1) is 0 Å². The summed E-state index contributed by atoms with van der Waals surface area (Å²) >= 11 is 1.36. The van der Waals surface area contributed by atoms with Gasteiger partial charge in [-0.1, -0.05) is 42.1 Å². The molecule has 0 aromatic heterocycles. The van der Waals surface area contributed by atoms with Gasteiger partial charge in [0, 0.05) is 4.91 Å². The second kappa shape index (κ2) is 5.30. The molecule has 104 valence electrons. The first-order chi connectivity index (χ1) is 9.70. The predicted octanol–water partition coefficient (Wildman–Crippen LogP) is 1.24. The van der Waals surface area contributed by atoms with Gasteiger partial charge in [-0.05, 0) is 5.56 Å². The lowest BCUT2D eigenvalue weighted by Crippen LogP contribution is -2.48. The number of aliphatic hydroxyl groups is 1. The van der Waals surface area contributed by atoms with E-state index in [9.17, 15) is 14.7 Å². The smallest absolute Gasteiger partial charge is 0.356 e. The Labute approximate surface area is 120 Å². The Morgan fingerprint density at radius 3 is 2.80 bits per heavy atom. The third-order valence-corrected chi connectivity index (χ3v) is 4.50. The van der Waals surface area contributed by atoms with Gasteiger partial charge < -0.3 is 9.84 Å². The van der Waals surface area contributed by atoms with Crippen LogP contribution in [0.25, 0.3) is 0 Å². The maximum Gasteiger partial charge on any atom is 0.356 e. The first-order valence-electron chi connectivity index (χ1n) is 6.24. The molecule has 0 saturated carbocycles. The zero-order chi connectivity index (χ0) is 14.1. The number of rotatable bonds is 4. The zero-order valence-corrected chi connectivity index (χ0v) is 11.4. The van der Waals surface area contributed by atoms with Crippen molar-refractivity contribution in [3.8, 4) is 0 Å². The number of ether oxygens (including phenoxy) is 1. The normalized spacial score (nSPS) is 20.8. The Morgan fingerprint density at radius 2 is 2.15 bits per heavy atom. The number of carbonyl (C=O) groups is 2. The molecule has 2 heterocycles. The summed E-state index contributed by atoms with van der Waals surface area (Å²) in [6.45, 7) is -0.0973. The van der Waals surface area contributed by atoms with Crippen molar-refractivity contribution >= 4 is 23.6 Å². The third kappa shape index (κ3) is 2.21. The summed E-state index contributed by atoms with van der Waals surface area (Å²) in [7, 11) is 0. The molecule has 1 fully saturated rings. The van der Waals surface area contributed by atoms with Crippen molar-refractivity contribution in [2.75, 3.05) is 6.61 Å². The van der Waals surface area contributed by atoms with E-state index in [1.54, 1.807) is 0 Å². The van der Waals surface area contributed by atoms with E-state index in [-0.39, 0.29) is 30.2 Å². The molecular weight excluding hydrogens is 278 g/mol. The molecule has 0 bridgehead atoms. The fourth-order valence-corrected chi connectivity index (χ4v) is 3.47. The van der Waals surface area contributed by atoms with E-state index >= 15 is 0 Å². The van der Waals surface area contributed by atoms with Gasteiger partial charge in [-0.2, -0.15) is 0 Å². The Kier molecular flexibility index (Phi) is 3.50. The van der Waals surface area contributed by atoms with Crippen LogP contribution in [0.5, 0.6) is 0 Å². The number of thioether (sulfide) groups is 1. The third-order valence-electron chi connectivity index (χ3n) is 3.24. The van der Waals surface area contributed by atoms with E-state index in [1.165, 1.54) is 16.7 Å². The van der Waals surface area contributed by atoms with Crippen molar-refractivity contribution in [3.05, 3.63) is 46.5 Å².